The molecular weight excluding hydrogens is 499 g/mol. The fourth-order valence-corrected chi connectivity index (χ4v) is 5.56. The van der Waals surface area contributed by atoms with Crippen molar-refractivity contribution in [2.75, 3.05) is 26.3 Å². The number of ether oxygens (including phenoxy) is 2. The molecule has 2 aromatic carbocycles. The fourth-order valence-electron chi connectivity index (χ4n) is 5.56. The Balaban J connectivity index is 1.32. The van der Waals surface area contributed by atoms with E-state index in [-0.39, 0.29) is 17.5 Å². The van der Waals surface area contributed by atoms with Gasteiger partial charge in [-0.2, -0.15) is 0 Å². The number of nitrogens with zero attached hydrogens (tertiary/aromatic N) is 1. The van der Waals surface area contributed by atoms with Crippen LogP contribution >= 0.6 is 0 Å². The smallest absolute Gasteiger partial charge is 0.220 e. The van der Waals surface area contributed by atoms with Crippen LogP contribution in [-0.4, -0.2) is 60.1 Å². The lowest BCUT2D eigenvalue weighted by Crippen LogP contribution is -2.48. The molecule has 2 N–H and O–H groups in total. The molecule has 2 aromatic rings. The number of rotatable bonds is 14. The second-order valence-corrected chi connectivity index (χ2v) is 10.6. The van der Waals surface area contributed by atoms with E-state index in [4.69, 9.17) is 9.47 Å². The van der Waals surface area contributed by atoms with Gasteiger partial charge in [0.15, 0.2) is 17.3 Å². The van der Waals surface area contributed by atoms with Crippen molar-refractivity contribution < 1.29 is 28.6 Å². The highest BCUT2D eigenvalue weighted by Gasteiger charge is 2.31. The number of carbonyl (C=O) groups is 2. The van der Waals surface area contributed by atoms with Gasteiger partial charge in [0.05, 0.1) is 6.04 Å². The van der Waals surface area contributed by atoms with Crippen LogP contribution in [0.4, 0.5) is 4.39 Å². The number of halogens is 1. The summed E-state index contributed by atoms with van der Waals surface area (Å²) in [6, 6.07) is 11.1. The number of nitrogens with one attached hydrogen (secondary N) is 1. The van der Waals surface area contributed by atoms with Gasteiger partial charge >= 0.3 is 0 Å². The molecule has 3 atom stereocenters. The van der Waals surface area contributed by atoms with E-state index in [1.165, 1.54) is 24.3 Å². The highest BCUT2D eigenvalue weighted by atomic mass is 19.1. The van der Waals surface area contributed by atoms with Crippen molar-refractivity contribution in [1.29, 1.82) is 0 Å². The summed E-state index contributed by atoms with van der Waals surface area (Å²) in [6.45, 7) is 4.70. The number of benzene rings is 2. The Labute approximate surface area is 230 Å². The van der Waals surface area contributed by atoms with Crippen LogP contribution in [0.25, 0.3) is 0 Å². The molecule has 0 aromatic heterocycles. The Morgan fingerprint density at radius 2 is 1.79 bits per heavy atom. The van der Waals surface area contributed by atoms with Crippen LogP contribution in [0.15, 0.2) is 42.5 Å². The van der Waals surface area contributed by atoms with E-state index in [0.717, 1.165) is 38.6 Å². The van der Waals surface area contributed by atoms with E-state index >= 15 is 0 Å². The van der Waals surface area contributed by atoms with E-state index < -0.39 is 12.1 Å². The average Bonchev–Trinajstić information content (AvgIpc) is 3.38. The molecule has 8 heteroatoms. The third-order valence-electron chi connectivity index (χ3n) is 7.66. The number of hydrogen-bond donors (Lipinski definition) is 2. The molecule has 0 radical (unpaired) electrons. The molecule has 0 bridgehead atoms. The van der Waals surface area contributed by atoms with Crippen LogP contribution in [0, 0.1) is 5.82 Å². The van der Waals surface area contributed by atoms with Crippen LogP contribution in [0.1, 0.15) is 86.7 Å². The Morgan fingerprint density at radius 1 is 1.05 bits per heavy atom. The minimum atomic E-state index is -0.888. The zero-order chi connectivity index (χ0) is 27.6. The summed E-state index contributed by atoms with van der Waals surface area (Å²) in [5.74, 6) is 0.795. The molecule has 0 spiro atoms. The van der Waals surface area contributed by atoms with Crippen molar-refractivity contribution in [3.05, 3.63) is 59.4 Å². The topological polar surface area (TPSA) is 88.1 Å². The number of unbranched alkanes of at least 4 members (excludes halogenated alkanes) is 2. The predicted octanol–water partition coefficient (Wildman–Crippen LogP) is 5.21. The third-order valence-corrected chi connectivity index (χ3v) is 7.66. The summed E-state index contributed by atoms with van der Waals surface area (Å²) in [5, 5.41) is 14.5. The van der Waals surface area contributed by atoms with Gasteiger partial charge in [-0.05, 0) is 80.6 Å². The molecule has 0 saturated carbocycles. The first-order chi connectivity index (χ1) is 18.9. The minimum absolute atomic E-state index is 0.0192. The first-order valence-corrected chi connectivity index (χ1v) is 14.3. The molecule has 1 unspecified atom stereocenters. The van der Waals surface area contributed by atoms with Gasteiger partial charge in [-0.25, -0.2) is 4.39 Å². The Morgan fingerprint density at radius 3 is 2.56 bits per heavy atom. The Bertz CT molecular complexity index is 1090. The van der Waals surface area contributed by atoms with Gasteiger partial charge in [0.2, 0.25) is 5.91 Å². The molecule has 2 aliphatic heterocycles. The van der Waals surface area contributed by atoms with Crippen LogP contribution in [0.3, 0.4) is 0 Å². The van der Waals surface area contributed by atoms with E-state index in [1.807, 2.05) is 18.2 Å². The van der Waals surface area contributed by atoms with Crippen molar-refractivity contribution in [1.82, 2.24) is 10.2 Å². The minimum Gasteiger partial charge on any atom is -0.486 e. The average molecular weight is 541 g/mol. The molecule has 2 heterocycles. The number of amides is 1. The van der Waals surface area contributed by atoms with Gasteiger partial charge in [-0.15, -0.1) is 0 Å². The van der Waals surface area contributed by atoms with Crippen molar-refractivity contribution in [3.63, 3.8) is 0 Å². The molecule has 39 heavy (non-hydrogen) atoms. The summed E-state index contributed by atoms with van der Waals surface area (Å²) in [5.41, 5.74) is 1.20. The van der Waals surface area contributed by atoms with Crippen LogP contribution in [-0.2, 0) is 4.79 Å². The second kappa shape index (κ2) is 14.4. The number of aliphatic hydroxyl groups excluding tert-OH is 1. The van der Waals surface area contributed by atoms with Crippen molar-refractivity contribution >= 4 is 11.7 Å². The van der Waals surface area contributed by atoms with Crippen molar-refractivity contribution in [2.45, 2.75) is 82.9 Å². The van der Waals surface area contributed by atoms with Gasteiger partial charge < -0.3 is 19.9 Å². The van der Waals surface area contributed by atoms with Gasteiger partial charge in [-0.3, -0.25) is 14.5 Å². The molecule has 2 aliphatic rings. The number of Topliss-reactive ketones (excluding diaryl/α,β-unsaturated/α-hetero) is 1. The third kappa shape index (κ3) is 8.26. The number of aliphatic hydroxyl groups is 1. The monoisotopic (exact) mass is 540 g/mol. The normalized spacial score (nSPS) is 18.5. The number of likely N-dealkylation sites (tertiary alicyclic amines) is 1. The van der Waals surface area contributed by atoms with Crippen LogP contribution in [0.2, 0.25) is 0 Å². The van der Waals surface area contributed by atoms with Gasteiger partial charge in [0.1, 0.15) is 25.1 Å². The largest absolute Gasteiger partial charge is 0.486 e. The van der Waals surface area contributed by atoms with E-state index in [0.29, 0.717) is 74.1 Å². The highest BCUT2D eigenvalue weighted by Crippen LogP contribution is 2.34. The quantitative estimate of drug-likeness (QED) is 0.253. The maximum atomic E-state index is 13.1. The molecule has 1 saturated heterocycles. The standard InChI is InChI=1S/C31H41FN2O5/c1-2-7-25-8-6-17-34(25)21-26(31(37)23-13-16-28-29(20-23)39-19-18-38-28)33-30(36)10-5-3-4-9-27(35)22-11-14-24(32)15-12-22/h11-16,20,25-26,31,37H,2-10,17-19,21H2,1H3,(H,33,36)/t25?,26-,31-/m1/s1. The lowest BCUT2D eigenvalue weighted by atomic mass is 9.99. The molecule has 212 valence electrons. The van der Waals surface area contributed by atoms with Crippen molar-refractivity contribution in [3.8, 4) is 11.5 Å². The van der Waals surface area contributed by atoms with E-state index in [2.05, 4.69) is 17.1 Å². The van der Waals surface area contributed by atoms with Gasteiger partial charge in [0.25, 0.3) is 0 Å². The molecule has 1 fully saturated rings. The summed E-state index contributed by atoms with van der Waals surface area (Å²) in [4.78, 5) is 27.6. The van der Waals surface area contributed by atoms with E-state index in [1.54, 1.807) is 0 Å². The fraction of sp³-hybridized carbons (Fsp3) is 0.548. The van der Waals surface area contributed by atoms with Crippen LogP contribution < -0.4 is 14.8 Å². The van der Waals surface area contributed by atoms with E-state index in [9.17, 15) is 19.1 Å². The number of carbonyl (C=O) groups excluding carboxylic acids is 2. The Kier molecular flexibility index (Phi) is 10.7. The summed E-state index contributed by atoms with van der Waals surface area (Å²) < 4.78 is 24.4. The lowest BCUT2D eigenvalue weighted by molar-refractivity contribution is -0.123. The zero-order valence-electron chi connectivity index (χ0n) is 22.9. The first-order valence-electron chi connectivity index (χ1n) is 14.3. The highest BCUT2D eigenvalue weighted by molar-refractivity contribution is 5.95. The summed E-state index contributed by atoms with van der Waals surface area (Å²) in [7, 11) is 0. The maximum absolute atomic E-state index is 13.1. The lowest BCUT2D eigenvalue weighted by Gasteiger charge is -2.32. The molecular formula is C31H41FN2O5. The predicted molar refractivity (Wildman–Crippen MR) is 148 cm³/mol. The van der Waals surface area contributed by atoms with Gasteiger partial charge in [-0.1, -0.05) is 25.8 Å². The maximum Gasteiger partial charge on any atom is 0.220 e. The second-order valence-electron chi connectivity index (χ2n) is 10.6. The SMILES string of the molecule is CCCC1CCCN1C[C@@H](NC(=O)CCCCCC(=O)c1ccc(F)cc1)[C@H](O)c1ccc2c(c1)OCCO2. The molecule has 0 aliphatic carbocycles. The number of fused-ring (bicyclic) bond motifs is 1. The molecule has 1 amide bonds. The number of hydrogen-bond acceptors (Lipinski definition) is 6. The van der Waals surface area contributed by atoms with Gasteiger partial charge in [0, 0.05) is 31.0 Å². The van der Waals surface area contributed by atoms with Crippen molar-refractivity contribution in [2.24, 2.45) is 0 Å². The zero-order valence-corrected chi connectivity index (χ0v) is 22.9. The first kappa shape index (κ1) is 29.0. The molecule has 4 rings (SSSR count). The number of ketones is 1. The summed E-state index contributed by atoms with van der Waals surface area (Å²) in [6.07, 6.45) is 6.34. The summed E-state index contributed by atoms with van der Waals surface area (Å²) >= 11 is 0. The molecule has 7 nitrogen and oxygen atoms in total. The Hall–Kier alpha value is -2.97. The van der Waals surface area contributed by atoms with Crippen LogP contribution in [0.5, 0.6) is 11.5 Å².